The van der Waals surface area contributed by atoms with E-state index in [2.05, 4.69) is 10.3 Å². The van der Waals surface area contributed by atoms with E-state index in [1.54, 1.807) is 11.5 Å². The Kier molecular flexibility index (Phi) is 4.03. The van der Waals surface area contributed by atoms with Gasteiger partial charge >= 0.3 is 5.97 Å². The minimum Gasteiger partial charge on any atom is -0.461 e. The monoisotopic (exact) mass is 266 g/mol. The maximum absolute atomic E-state index is 11.5. The Hall–Kier alpha value is -2.05. The second-order valence-corrected chi connectivity index (χ2v) is 4.48. The van der Waals surface area contributed by atoms with E-state index in [4.69, 9.17) is 10.5 Å². The van der Waals surface area contributed by atoms with Crippen molar-refractivity contribution in [3.63, 3.8) is 0 Å². The van der Waals surface area contributed by atoms with E-state index in [1.165, 1.54) is 6.33 Å². The van der Waals surface area contributed by atoms with Crippen LogP contribution in [0.1, 0.15) is 36.7 Å². The number of esters is 1. The van der Waals surface area contributed by atoms with Gasteiger partial charge in [0.1, 0.15) is 5.82 Å². The molecule has 1 saturated carbocycles. The molecule has 1 aromatic rings. The quantitative estimate of drug-likeness (QED) is 0.722. The van der Waals surface area contributed by atoms with Gasteiger partial charge in [0.2, 0.25) is 5.91 Å². The van der Waals surface area contributed by atoms with Crippen LogP contribution in [-0.2, 0) is 16.1 Å². The number of amides is 1. The number of carbonyl (C=O) groups is 2. The molecule has 1 aromatic heterocycles. The van der Waals surface area contributed by atoms with Crippen molar-refractivity contribution in [2.75, 3.05) is 12.3 Å². The Morgan fingerprint density at radius 2 is 2.32 bits per heavy atom. The number of carbonyl (C=O) groups excluding carboxylic acids is 2. The molecule has 0 saturated heterocycles. The van der Waals surface area contributed by atoms with Crippen molar-refractivity contribution in [2.45, 2.75) is 38.8 Å². The van der Waals surface area contributed by atoms with Crippen molar-refractivity contribution < 1.29 is 14.3 Å². The van der Waals surface area contributed by atoms with Crippen LogP contribution in [0.4, 0.5) is 5.82 Å². The molecule has 3 N–H and O–H groups in total. The van der Waals surface area contributed by atoms with Gasteiger partial charge in [-0.25, -0.2) is 9.78 Å². The molecule has 104 valence electrons. The molecule has 0 aliphatic heterocycles. The molecule has 7 nitrogen and oxygen atoms in total. The zero-order valence-electron chi connectivity index (χ0n) is 10.9. The van der Waals surface area contributed by atoms with Gasteiger partial charge in [0, 0.05) is 19.0 Å². The highest BCUT2D eigenvalue weighted by Gasteiger charge is 2.23. The van der Waals surface area contributed by atoms with Gasteiger partial charge in [-0.1, -0.05) is 0 Å². The highest BCUT2D eigenvalue weighted by atomic mass is 16.5. The number of nitrogens with zero attached hydrogens (tertiary/aromatic N) is 2. The number of hydrogen-bond donors (Lipinski definition) is 2. The minimum absolute atomic E-state index is 0.00622. The van der Waals surface area contributed by atoms with Gasteiger partial charge in [0.25, 0.3) is 0 Å². The molecule has 0 spiro atoms. The second kappa shape index (κ2) is 5.73. The number of nitrogens with two attached hydrogens (primary N) is 1. The zero-order chi connectivity index (χ0) is 13.8. The molecule has 1 fully saturated rings. The summed E-state index contributed by atoms with van der Waals surface area (Å²) in [5.41, 5.74) is 5.90. The predicted molar refractivity (Wildman–Crippen MR) is 68.4 cm³/mol. The molecule has 0 aromatic carbocycles. The highest BCUT2D eigenvalue weighted by molar-refractivity contribution is 5.92. The van der Waals surface area contributed by atoms with E-state index < -0.39 is 5.97 Å². The first-order chi connectivity index (χ1) is 9.11. The Morgan fingerprint density at radius 3 is 2.95 bits per heavy atom. The Balaban J connectivity index is 1.89. The molecular weight excluding hydrogens is 248 g/mol. The normalized spacial score (nSPS) is 14.2. The first kappa shape index (κ1) is 13.4. The summed E-state index contributed by atoms with van der Waals surface area (Å²) in [7, 11) is 0. The summed E-state index contributed by atoms with van der Waals surface area (Å²) in [6.45, 7) is 2.39. The number of imidazole rings is 1. The topological polar surface area (TPSA) is 99.2 Å². The summed E-state index contributed by atoms with van der Waals surface area (Å²) in [6.07, 6.45) is 3.89. The van der Waals surface area contributed by atoms with Gasteiger partial charge in [-0.3, -0.25) is 4.79 Å². The lowest BCUT2D eigenvalue weighted by atomic mass is 10.3. The van der Waals surface area contributed by atoms with E-state index in [0.717, 1.165) is 12.8 Å². The number of rotatable bonds is 6. The predicted octanol–water partition coefficient (Wildman–Crippen LogP) is 0.311. The summed E-state index contributed by atoms with van der Waals surface area (Å²) in [5.74, 6) is -0.313. The smallest absolute Gasteiger partial charge is 0.360 e. The Morgan fingerprint density at radius 1 is 1.58 bits per heavy atom. The maximum Gasteiger partial charge on any atom is 0.360 e. The van der Waals surface area contributed by atoms with Crippen LogP contribution in [0.2, 0.25) is 0 Å². The van der Waals surface area contributed by atoms with Gasteiger partial charge in [0.15, 0.2) is 5.69 Å². The van der Waals surface area contributed by atoms with Crippen molar-refractivity contribution in [3.05, 3.63) is 12.0 Å². The summed E-state index contributed by atoms with van der Waals surface area (Å²) in [6, 6.07) is 0.350. The van der Waals surface area contributed by atoms with Gasteiger partial charge < -0.3 is 20.4 Å². The van der Waals surface area contributed by atoms with Crippen LogP contribution in [0.3, 0.4) is 0 Å². The molecule has 19 heavy (non-hydrogen) atoms. The van der Waals surface area contributed by atoms with Crippen LogP contribution in [-0.4, -0.2) is 34.1 Å². The molecule has 0 bridgehead atoms. The molecule has 1 aliphatic rings. The first-order valence-corrected chi connectivity index (χ1v) is 6.39. The van der Waals surface area contributed by atoms with Gasteiger partial charge in [-0.15, -0.1) is 0 Å². The number of aromatic nitrogens is 2. The molecule has 0 unspecified atom stereocenters. The standard InChI is InChI=1S/C12H18N4O3/c1-2-19-12(18)10-11(13)16(7-14-10)6-5-9(17)15-8-3-4-8/h7-8H,2-6,13H2,1H3,(H,15,17). The number of anilines is 1. The number of nitrogens with one attached hydrogen (secondary N) is 1. The van der Waals surface area contributed by atoms with Gasteiger partial charge in [-0.2, -0.15) is 0 Å². The van der Waals surface area contributed by atoms with Crippen LogP contribution >= 0.6 is 0 Å². The third-order valence-corrected chi connectivity index (χ3v) is 2.87. The van der Waals surface area contributed by atoms with Crippen molar-refractivity contribution in [2.24, 2.45) is 0 Å². The van der Waals surface area contributed by atoms with Crippen LogP contribution in [0.15, 0.2) is 6.33 Å². The lowest BCUT2D eigenvalue weighted by Gasteiger charge is -2.06. The number of aryl methyl sites for hydroxylation is 1. The fourth-order valence-corrected chi connectivity index (χ4v) is 1.68. The number of hydrogen-bond acceptors (Lipinski definition) is 5. The third kappa shape index (κ3) is 3.46. The summed E-state index contributed by atoms with van der Waals surface area (Å²) >= 11 is 0. The van der Waals surface area contributed by atoms with Crippen molar-refractivity contribution >= 4 is 17.7 Å². The molecular formula is C12H18N4O3. The average molecular weight is 266 g/mol. The summed E-state index contributed by atoms with van der Waals surface area (Å²) in [4.78, 5) is 27.0. The van der Waals surface area contributed by atoms with Gasteiger partial charge in [-0.05, 0) is 19.8 Å². The van der Waals surface area contributed by atoms with Gasteiger partial charge in [0.05, 0.1) is 12.9 Å². The summed E-state index contributed by atoms with van der Waals surface area (Å²) < 4.78 is 6.42. The largest absolute Gasteiger partial charge is 0.461 e. The number of nitrogen functional groups attached to an aromatic ring is 1. The second-order valence-electron chi connectivity index (χ2n) is 4.48. The van der Waals surface area contributed by atoms with Crippen LogP contribution in [0, 0.1) is 0 Å². The fraction of sp³-hybridized carbons (Fsp3) is 0.583. The van der Waals surface area contributed by atoms with E-state index in [-0.39, 0.29) is 24.0 Å². The molecule has 0 atom stereocenters. The Bertz CT molecular complexity index is 479. The molecule has 1 aliphatic carbocycles. The maximum atomic E-state index is 11.5. The van der Waals surface area contributed by atoms with Crippen LogP contribution in [0.5, 0.6) is 0 Å². The van der Waals surface area contributed by atoms with E-state index >= 15 is 0 Å². The van der Waals surface area contributed by atoms with Crippen molar-refractivity contribution in [3.8, 4) is 0 Å². The van der Waals surface area contributed by atoms with Crippen molar-refractivity contribution in [1.29, 1.82) is 0 Å². The Labute approximate surface area is 111 Å². The zero-order valence-corrected chi connectivity index (χ0v) is 10.9. The first-order valence-electron chi connectivity index (χ1n) is 6.39. The fourth-order valence-electron chi connectivity index (χ4n) is 1.68. The summed E-state index contributed by atoms with van der Waals surface area (Å²) in [5, 5.41) is 2.89. The highest BCUT2D eigenvalue weighted by Crippen LogP contribution is 2.19. The van der Waals surface area contributed by atoms with E-state index in [0.29, 0.717) is 19.0 Å². The van der Waals surface area contributed by atoms with E-state index in [9.17, 15) is 9.59 Å². The van der Waals surface area contributed by atoms with Crippen LogP contribution in [0.25, 0.3) is 0 Å². The number of ether oxygens (including phenoxy) is 1. The molecule has 0 radical (unpaired) electrons. The lowest BCUT2D eigenvalue weighted by molar-refractivity contribution is -0.121. The molecule has 2 rings (SSSR count). The lowest BCUT2D eigenvalue weighted by Crippen LogP contribution is -2.26. The molecule has 7 heteroatoms. The molecule has 1 amide bonds. The van der Waals surface area contributed by atoms with E-state index in [1.807, 2.05) is 0 Å². The average Bonchev–Trinajstić information content (AvgIpc) is 3.09. The van der Waals surface area contributed by atoms with Crippen LogP contribution < -0.4 is 11.1 Å². The molecule has 1 heterocycles. The van der Waals surface area contributed by atoms with Crippen molar-refractivity contribution in [1.82, 2.24) is 14.9 Å². The third-order valence-electron chi connectivity index (χ3n) is 2.87. The SMILES string of the molecule is CCOC(=O)c1ncn(CCC(=O)NC2CC2)c1N. The minimum atomic E-state index is -0.541.